The Labute approximate surface area is 172 Å². The van der Waals surface area contributed by atoms with Crippen molar-refractivity contribution < 1.29 is 23.0 Å². The summed E-state index contributed by atoms with van der Waals surface area (Å²) in [5, 5.41) is 10.3. The van der Waals surface area contributed by atoms with E-state index < -0.39 is 18.0 Å². The third kappa shape index (κ3) is 4.88. The third-order valence-corrected chi connectivity index (χ3v) is 5.43. The molecule has 10 heteroatoms. The van der Waals surface area contributed by atoms with E-state index in [1.807, 2.05) is 4.90 Å². The van der Waals surface area contributed by atoms with Gasteiger partial charge < -0.3 is 14.7 Å². The number of hydrogen-bond donors (Lipinski definition) is 1. The molecule has 0 radical (unpaired) electrons. The smallest absolute Gasteiger partial charge is 0.389 e. The normalized spacial score (nSPS) is 21.7. The quantitative estimate of drug-likeness (QED) is 0.791. The molecule has 0 amide bonds. The van der Waals surface area contributed by atoms with Crippen molar-refractivity contribution in [3.05, 3.63) is 36.2 Å². The van der Waals surface area contributed by atoms with Gasteiger partial charge in [-0.15, -0.1) is 0 Å². The van der Waals surface area contributed by atoms with E-state index in [9.17, 15) is 18.3 Å². The minimum absolute atomic E-state index is 0.0448. The number of aliphatic hydroxyl groups excluding tert-OH is 1. The first-order chi connectivity index (χ1) is 14.4. The highest BCUT2D eigenvalue weighted by Gasteiger charge is 2.35. The van der Waals surface area contributed by atoms with Crippen LogP contribution in [0.15, 0.2) is 30.5 Å². The molecule has 2 saturated heterocycles. The molecule has 0 spiro atoms. The molecule has 7 nitrogen and oxygen atoms in total. The monoisotopic (exact) mass is 423 g/mol. The summed E-state index contributed by atoms with van der Waals surface area (Å²) in [7, 11) is 0. The predicted octanol–water partition coefficient (Wildman–Crippen LogP) is 2.22. The van der Waals surface area contributed by atoms with Crippen molar-refractivity contribution in [3.8, 4) is 11.5 Å². The lowest BCUT2D eigenvalue weighted by molar-refractivity contribution is -0.141. The van der Waals surface area contributed by atoms with Gasteiger partial charge >= 0.3 is 6.18 Å². The van der Waals surface area contributed by atoms with Crippen molar-refractivity contribution >= 4 is 5.82 Å². The molecule has 0 saturated carbocycles. The maximum absolute atomic E-state index is 13.4. The molecule has 2 fully saturated rings. The largest absolute Gasteiger partial charge is 0.433 e. The Hall–Kier alpha value is -2.30. The number of alkyl halides is 3. The van der Waals surface area contributed by atoms with Crippen molar-refractivity contribution in [2.45, 2.75) is 31.2 Å². The molecule has 4 heterocycles. The molecule has 2 aliphatic rings. The van der Waals surface area contributed by atoms with Gasteiger partial charge in [0, 0.05) is 51.6 Å². The van der Waals surface area contributed by atoms with Crippen LogP contribution in [0.3, 0.4) is 0 Å². The number of β-amino-alcohol motifs (C(OH)–C–C–N with tert-alkyl or cyclic N) is 1. The van der Waals surface area contributed by atoms with Crippen molar-refractivity contribution in [2.75, 3.05) is 44.2 Å². The lowest BCUT2D eigenvalue weighted by Crippen LogP contribution is -2.50. The Bertz CT molecular complexity index is 838. The maximum Gasteiger partial charge on any atom is 0.433 e. The Morgan fingerprint density at radius 1 is 1.17 bits per heavy atom. The summed E-state index contributed by atoms with van der Waals surface area (Å²) in [6.45, 7) is 3.43. The number of ether oxygens (including phenoxy) is 1. The molecule has 0 aliphatic carbocycles. The van der Waals surface area contributed by atoms with E-state index >= 15 is 0 Å². The second-order valence-electron chi connectivity index (χ2n) is 7.55. The van der Waals surface area contributed by atoms with Gasteiger partial charge in [0.1, 0.15) is 11.5 Å². The van der Waals surface area contributed by atoms with Crippen molar-refractivity contribution in [2.24, 2.45) is 0 Å². The van der Waals surface area contributed by atoms with Crippen LogP contribution in [0, 0.1) is 0 Å². The van der Waals surface area contributed by atoms with Crippen LogP contribution >= 0.6 is 0 Å². The van der Waals surface area contributed by atoms with Crippen LogP contribution in [0.2, 0.25) is 0 Å². The second-order valence-corrected chi connectivity index (χ2v) is 7.55. The van der Waals surface area contributed by atoms with Crippen molar-refractivity contribution in [1.82, 2.24) is 19.9 Å². The van der Waals surface area contributed by atoms with Crippen LogP contribution in [0.1, 0.15) is 18.5 Å². The number of pyridine rings is 1. The fourth-order valence-corrected chi connectivity index (χ4v) is 3.80. The summed E-state index contributed by atoms with van der Waals surface area (Å²) in [6, 6.07) is 5.94. The van der Waals surface area contributed by atoms with Crippen LogP contribution in [-0.2, 0) is 10.9 Å². The molecule has 1 N–H and O–H groups in total. The minimum Gasteiger partial charge on any atom is -0.389 e. The highest BCUT2D eigenvalue weighted by molar-refractivity contribution is 5.54. The highest BCUT2D eigenvalue weighted by atomic mass is 19.4. The van der Waals surface area contributed by atoms with Gasteiger partial charge in [0.25, 0.3) is 0 Å². The van der Waals surface area contributed by atoms with E-state index in [4.69, 9.17) is 4.74 Å². The number of aliphatic hydroxyl groups is 1. The number of anilines is 1. The number of rotatable bonds is 5. The van der Waals surface area contributed by atoms with E-state index in [-0.39, 0.29) is 17.7 Å². The molecular formula is C20H24F3N5O2. The van der Waals surface area contributed by atoms with Crippen LogP contribution in [0.25, 0.3) is 11.5 Å². The van der Waals surface area contributed by atoms with Crippen LogP contribution < -0.4 is 4.90 Å². The average molecular weight is 423 g/mol. The number of piperazine rings is 1. The van der Waals surface area contributed by atoms with Gasteiger partial charge in [-0.05, 0) is 25.0 Å². The first-order valence-corrected chi connectivity index (χ1v) is 10.0. The molecule has 2 aromatic heterocycles. The maximum atomic E-state index is 13.4. The standard InChI is InChI=1S/C20H24F3N5O2/c21-20(22,23)17-12-18(26-19(25-17)14-4-1-2-6-24-14)28-9-7-27(8-10-28)13-15(29)16-5-3-11-30-16/h1-2,4,6,12,15-16,29H,3,5,7-11,13H2/t15-,16-/m0/s1. The van der Waals surface area contributed by atoms with Gasteiger partial charge in [-0.3, -0.25) is 9.88 Å². The van der Waals surface area contributed by atoms with Gasteiger partial charge in [0.2, 0.25) is 0 Å². The summed E-state index contributed by atoms with van der Waals surface area (Å²) >= 11 is 0. The van der Waals surface area contributed by atoms with Crippen molar-refractivity contribution in [3.63, 3.8) is 0 Å². The Morgan fingerprint density at radius 3 is 2.60 bits per heavy atom. The SMILES string of the molecule is O[C@@H](CN1CCN(c2cc(C(F)(F)F)nc(-c3ccccn3)n2)CC1)[C@@H]1CCCO1. The minimum atomic E-state index is -4.57. The zero-order chi connectivity index (χ0) is 21.1. The van der Waals surface area contributed by atoms with E-state index in [1.165, 1.54) is 6.20 Å². The Morgan fingerprint density at radius 2 is 1.97 bits per heavy atom. The number of halogens is 3. The molecule has 162 valence electrons. The zero-order valence-electron chi connectivity index (χ0n) is 16.4. The molecule has 0 unspecified atom stereocenters. The number of aromatic nitrogens is 3. The third-order valence-electron chi connectivity index (χ3n) is 5.43. The van der Waals surface area contributed by atoms with Crippen LogP contribution in [-0.4, -0.2) is 76.5 Å². The Kier molecular flexibility index (Phi) is 6.16. The summed E-state index contributed by atoms with van der Waals surface area (Å²) in [6.07, 6.45) is -1.93. The van der Waals surface area contributed by atoms with E-state index in [0.717, 1.165) is 18.9 Å². The molecule has 0 aromatic carbocycles. The van der Waals surface area contributed by atoms with Gasteiger partial charge in [-0.1, -0.05) is 6.07 Å². The summed E-state index contributed by atoms with van der Waals surface area (Å²) in [4.78, 5) is 16.0. The lowest BCUT2D eigenvalue weighted by Gasteiger charge is -2.37. The molecule has 30 heavy (non-hydrogen) atoms. The molecule has 4 rings (SSSR count). The fourth-order valence-electron chi connectivity index (χ4n) is 3.80. The van der Waals surface area contributed by atoms with Gasteiger partial charge in [0.05, 0.1) is 12.2 Å². The Balaban J connectivity index is 1.47. The highest BCUT2D eigenvalue weighted by Crippen LogP contribution is 2.31. The topological polar surface area (TPSA) is 74.6 Å². The molecule has 0 bridgehead atoms. The number of nitrogens with zero attached hydrogens (tertiary/aromatic N) is 5. The van der Waals surface area contributed by atoms with Crippen molar-refractivity contribution in [1.29, 1.82) is 0 Å². The summed E-state index contributed by atoms with van der Waals surface area (Å²) in [5.41, 5.74) is -0.687. The predicted molar refractivity (Wildman–Crippen MR) is 104 cm³/mol. The molecule has 2 aliphatic heterocycles. The first kappa shape index (κ1) is 21.0. The van der Waals surface area contributed by atoms with Crippen LogP contribution in [0.4, 0.5) is 19.0 Å². The van der Waals surface area contributed by atoms with E-state index in [1.54, 1.807) is 18.2 Å². The van der Waals surface area contributed by atoms with Gasteiger partial charge in [-0.2, -0.15) is 13.2 Å². The number of hydrogen-bond acceptors (Lipinski definition) is 7. The summed E-state index contributed by atoms with van der Waals surface area (Å²) in [5.74, 6) is 0.189. The van der Waals surface area contributed by atoms with Gasteiger partial charge in [-0.25, -0.2) is 9.97 Å². The second kappa shape index (κ2) is 8.83. The van der Waals surface area contributed by atoms with Crippen LogP contribution in [0.5, 0.6) is 0 Å². The molecule has 2 aromatic rings. The molecular weight excluding hydrogens is 399 g/mol. The van der Waals surface area contributed by atoms with Gasteiger partial charge in [0.15, 0.2) is 11.5 Å². The molecule has 2 atom stereocenters. The summed E-state index contributed by atoms with van der Waals surface area (Å²) < 4.78 is 45.8. The lowest BCUT2D eigenvalue weighted by atomic mass is 10.1. The van der Waals surface area contributed by atoms with E-state index in [0.29, 0.717) is 45.0 Å². The zero-order valence-corrected chi connectivity index (χ0v) is 16.4. The first-order valence-electron chi connectivity index (χ1n) is 10.0. The van der Waals surface area contributed by atoms with E-state index in [2.05, 4.69) is 19.9 Å². The average Bonchev–Trinajstić information content (AvgIpc) is 3.29. The fraction of sp³-hybridized carbons (Fsp3) is 0.550.